The van der Waals surface area contributed by atoms with Crippen molar-refractivity contribution in [2.45, 2.75) is 25.1 Å². The Balaban J connectivity index is 1.38. The lowest BCUT2D eigenvalue weighted by atomic mass is 10.1. The highest BCUT2D eigenvalue weighted by atomic mass is 16.3. The number of aliphatic hydroxyl groups excluding tert-OH is 1. The predicted molar refractivity (Wildman–Crippen MR) is 107 cm³/mol. The van der Waals surface area contributed by atoms with E-state index in [1.165, 1.54) is 0 Å². The van der Waals surface area contributed by atoms with Gasteiger partial charge in [-0.05, 0) is 28.8 Å². The van der Waals surface area contributed by atoms with Crippen molar-refractivity contribution in [2.24, 2.45) is 0 Å². The minimum absolute atomic E-state index is 0.276. The number of benzene rings is 1. The van der Waals surface area contributed by atoms with Crippen LogP contribution in [0.4, 0.5) is 0 Å². The van der Waals surface area contributed by atoms with Gasteiger partial charge in [-0.25, -0.2) is 9.97 Å². The van der Waals surface area contributed by atoms with Gasteiger partial charge in [-0.3, -0.25) is 9.78 Å². The fourth-order valence-electron chi connectivity index (χ4n) is 3.85. The first-order valence-electron chi connectivity index (χ1n) is 9.45. The van der Waals surface area contributed by atoms with E-state index in [4.69, 9.17) is 0 Å². The molecule has 0 aliphatic heterocycles. The summed E-state index contributed by atoms with van der Waals surface area (Å²) in [7, 11) is 0. The van der Waals surface area contributed by atoms with Crippen molar-refractivity contribution in [3.05, 3.63) is 89.6 Å². The molecule has 0 saturated heterocycles. The molecular formula is C22H19N5O2. The molecule has 0 saturated carbocycles. The number of aliphatic hydroxyl groups is 1. The smallest absolute Gasteiger partial charge is 0.253 e. The molecule has 7 nitrogen and oxygen atoms in total. The Kier molecular flexibility index (Phi) is 4.29. The molecule has 3 heterocycles. The maximum absolute atomic E-state index is 12.8. The van der Waals surface area contributed by atoms with Gasteiger partial charge in [-0.2, -0.15) is 0 Å². The molecule has 3 aromatic heterocycles. The number of carbonyl (C=O) groups is 1. The highest BCUT2D eigenvalue weighted by Gasteiger charge is 2.32. The average Bonchev–Trinajstić information content (AvgIpc) is 3.29. The van der Waals surface area contributed by atoms with Gasteiger partial charge in [-0.15, -0.1) is 0 Å². The lowest BCUT2D eigenvalue weighted by molar-refractivity contribution is 0.0858. The van der Waals surface area contributed by atoms with E-state index in [1.54, 1.807) is 31.0 Å². The van der Waals surface area contributed by atoms with Crippen molar-refractivity contribution in [3.8, 4) is 0 Å². The second kappa shape index (κ2) is 7.10. The summed E-state index contributed by atoms with van der Waals surface area (Å²) in [5.41, 5.74) is 4.84. The van der Waals surface area contributed by atoms with Crippen LogP contribution in [-0.4, -0.2) is 36.6 Å². The maximum Gasteiger partial charge on any atom is 0.253 e. The minimum Gasteiger partial charge on any atom is -0.390 e. The van der Waals surface area contributed by atoms with E-state index in [-0.39, 0.29) is 5.91 Å². The van der Waals surface area contributed by atoms with Gasteiger partial charge in [0.05, 0.1) is 30.6 Å². The summed E-state index contributed by atoms with van der Waals surface area (Å²) in [6.07, 6.45) is 6.70. The number of rotatable bonds is 4. The molecule has 29 heavy (non-hydrogen) atoms. The first-order valence-corrected chi connectivity index (χ1v) is 9.45. The van der Waals surface area contributed by atoms with Gasteiger partial charge < -0.3 is 15.0 Å². The van der Waals surface area contributed by atoms with Crippen LogP contribution >= 0.6 is 0 Å². The SMILES string of the molecule is O=C(N[C@H]1c2ccccc2C[C@H]1O)c1cnc2c(c1)ncn2Cc1cccnc1. The number of fused-ring (bicyclic) bond motifs is 2. The largest absolute Gasteiger partial charge is 0.390 e. The number of carbonyl (C=O) groups excluding carboxylic acids is 1. The molecule has 0 bridgehead atoms. The monoisotopic (exact) mass is 385 g/mol. The molecule has 7 heteroatoms. The normalized spacial score (nSPS) is 18.0. The lowest BCUT2D eigenvalue weighted by Gasteiger charge is -2.18. The highest BCUT2D eigenvalue weighted by molar-refractivity contribution is 5.96. The van der Waals surface area contributed by atoms with Crippen LogP contribution in [0.2, 0.25) is 0 Å². The summed E-state index contributed by atoms with van der Waals surface area (Å²) < 4.78 is 1.92. The Bertz CT molecular complexity index is 1190. The van der Waals surface area contributed by atoms with E-state index in [9.17, 15) is 9.90 Å². The number of imidazole rings is 1. The van der Waals surface area contributed by atoms with Crippen LogP contribution in [0, 0.1) is 0 Å². The van der Waals surface area contributed by atoms with E-state index in [0.717, 1.165) is 16.7 Å². The van der Waals surface area contributed by atoms with Gasteiger partial charge in [0.25, 0.3) is 5.91 Å². The third-order valence-corrected chi connectivity index (χ3v) is 5.28. The van der Waals surface area contributed by atoms with Crippen molar-refractivity contribution < 1.29 is 9.90 Å². The fraction of sp³-hybridized carbons (Fsp3) is 0.182. The fourth-order valence-corrected chi connectivity index (χ4v) is 3.85. The number of hydrogen-bond acceptors (Lipinski definition) is 5. The summed E-state index contributed by atoms with van der Waals surface area (Å²) in [5.74, 6) is -0.276. The molecule has 1 aromatic carbocycles. The molecule has 1 aliphatic rings. The third-order valence-electron chi connectivity index (χ3n) is 5.28. The number of nitrogens with zero attached hydrogens (tertiary/aromatic N) is 4. The van der Waals surface area contributed by atoms with Crippen molar-refractivity contribution in [1.29, 1.82) is 0 Å². The second-order valence-corrected chi connectivity index (χ2v) is 7.22. The number of pyridine rings is 2. The van der Waals surface area contributed by atoms with E-state index in [0.29, 0.717) is 29.7 Å². The standard InChI is InChI=1S/C22H19N5O2/c28-19-9-15-5-1-2-6-17(15)20(19)26-22(29)16-8-18-21(24-11-16)27(13-25-18)12-14-4-3-7-23-10-14/h1-8,10-11,13,19-20,28H,9,12H2,(H,26,29)/t19-,20+/m1/s1. The molecule has 0 fully saturated rings. The Labute approximate surface area is 167 Å². The van der Waals surface area contributed by atoms with Gasteiger partial charge in [0.1, 0.15) is 5.52 Å². The summed E-state index contributed by atoms with van der Waals surface area (Å²) in [6, 6.07) is 13.0. The van der Waals surface area contributed by atoms with Crippen LogP contribution in [0.25, 0.3) is 11.2 Å². The molecule has 5 rings (SSSR count). The number of amides is 1. The van der Waals surface area contributed by atoms with E-state index in [2.05, 4.69) is 20.3 Å². The maximum atomic E-state index is 12.8. The van der Waals surface area contributed by atoms with Crippen LogP contribution in [-0.2, 0) is 13.0 Å². The number of nitrogens with one attached hydrogen (secondary N) is 1. The Morgan fingerprint density at radius 1 is 1.17 bits per heavy atom. The Morgan fingerprint density at radius 2 is 2.07 bits per heavy atom. The van der Waals surface area contributed by atoms with Crippen LogP contribution < -0.4 is 5.32 Å². The molecule has 144 valence electrons. The quantitative estimate of drug-likeness (QED) is 0.562. The molecule has 4 aromatic rings. The van der Waals surface area contributed by atoms with Gasteiger partial charge in [0.2, 0.25) is 0 Å². The molecule has 1 amide bonds. The zero-order valence-corrected chi connectivity index (χ0v) is 15.6. The van der Waals surface area contributed by atoms with Crippen molar-refractivity contribution >= 4 is 17.1 Å². The van der Waals surface area contributed by atoms with Crippen LogP contribution in [0.15, 0.2) is 67.4 Å². The summed E-state index contributed by atoms with van der Waals surface area (Å²) in [5, 5.41) is 13.3. The topological polar surface area (TPSA) is 92.9 Å². The van der Waals surface area contributed by atoms with Crippen molar-refractivity contribution in [3.63, 3.8) is 0 Å². The minimum atomic E-state index is -0.633. The summed E-state index contributed by atoms with van der Waals surface area (Å²) >= 11 is 0. The molecular weight excluding hydrogens is 366 g/mol. The van der Waals surface area contributed by atoms with Gasteiger partial charge in [-0.1, -0.05) is 30.3 Å². The van der Waals surface area contributed by atoms with Gasteiger partial charge in [0, 0.05) is 25.0 Å². The molecule has 0 unspecified atom stereocenters. The third kappa shape index (κ3) is 3.25. The zero-order valence-electron chi connectivity index (χ0n) is 15.6. The molecule has 2 atom stereocenters. The zero-order chi connectivity index (χ0) is 19.8. The van der Waals surface area contributed by atoms with E-state index >= 15 is 0 Å². The first-order chi connectivity index (χ1) is 14.2. The first kappa shape index (κ1) is 17.5. The van der Waals surface area contributed by atoms with Crippen molar-refractivity contribution in [1.82, 2.24) is 24.8 Å². The number of aromatic nitrogens is 4. The second-order valence-electron chi connectivity index (χ2n) is 7.22. The molecule has 0 spiro atoms. The highest BCUT2D eigenvalue weighted by Crippen LogP contribution is 2.31. The van der Waals surface area contributed by atoms with Gasteiger partial charge in [0.15, 0.2) is 5.65 Å². The van der Waals surface area contributed by atoms with Crippen LogP contribution in [0.3, 0.4) is 0 Å². The average molecular weight is 385 g/mol. The van der Waals surface area contributed by atoms with E-state index in [1.807, 2.05) is 41.0 Å². The molecule has 0 radical (unpaired) electrons. The Hall–Kier alpha value is -3.58. The molecule has 2 N–H and O–H groups in total. The summed E-state index contributed by atoms with van der Waals surface area (Å²) in [4.78, 5) is 25.8. The van der Waals surface area contributed by atoms with Crippen LogP contribution in [0.5, 0.6) is 0 Å². The van der Waals surface area contributed by atoms with E-state index < -0.39 is 12.1 Å². The predicted octanol–water partition coefficient (Wildman–Crippen LogP) is 2.26. The van der Waals surface area contributed by atoms with Gasteiger partial charge >= 0.3 is 0 Å². The van der Waals surface area contributed by atoms with Crippen LogP contribution in [0.1, 0.15) is 33.1 Å². The van der Waals surface area contributed by atoms with Crippen molar-refractivity contribution in [2.75, 3.05) is 0 Å². The lowest BCUT2D eigenvalue weighted by Crippen LogP contribution is -2.33. The Morgan fingerprint density at radius 3 is 2.93 bits per heavy atom. The molecule has 1 aliphatic carbocycles. The number of hydrogen-bond donors (Lipinski definition) is 2. The summed E-state index contributed by atoms with van der Waals surface area (Å²) in [6.45, 7) is 0.605.